The van der Waals surface area contributed by atoms with Crippen molar-refractivity contribution in [2.45, 2.75) is 19.0 Å². The summed E-state index contributed by atoms with van der Waals surface area (Å²) in [7, 11) is 6.71. The predicted molar refractivity (Wildman–Crippen MR) is 123 cm³/mol. The molecule has 31 heavy (non-hydrogen) atoms. The monoisotopic (exact) mass is 425 g/mol. The average molecular weight is 426 g/mol. The van der Waals surface area contributed by atoms with E-state index >= 15 is 0 Å². The van der Waals surface area contributed by atoms with Crippen molar-refractivity contribution in [1.29, 1.82) is 0 Å². The Labute approximate surface area is 183 Å². The van der Waals surface area contributed by atoms with Crippen LogP contribution in [0.2, 0.25) is 0 Å². The van der Waals surface area contributed by atoms with Crippen LogP contribution in [0.1, 0.15) is 22.3 Å². The zero-order valence-electron chi connectivity index (χ0n) is 18.6. The van der Waals surface area contributed by atoms with Gasteiger partial charge in [0, 0.05) is 69.2 Å². The van der Waals surface area contributed by atoms with Crippen molar-refractivity contribution in [2.24, 2.45) is 4.99 Å². The van der Waals surface area contributed by atoms with Crippen LogP contribution in [0.3, 0.4) is 0 Å². The SMILES string of the molecule is CN=C(NCc1cccc(C(=O)NC)c1)NC1CCN(c2cc(OC)cc(OC)c2)C1. The molecular formula is C23H31N5O3. The van der Waals surface area contributed by atoms with Crippen LogP contribution in [-0.2, 0) is 6.54 Å². The molecule has 0 spiro atoms. The molecule has 0 radical (unpaired) electrons. The second-order valence-electron chi connectivity index (χ2n) is 7.35. The first kappa shape index (κ1) is 22.3. The van der Waals surface area contributed by atoms with Crippen molar-refractivity contribution in [1.82, 2.24) is 16.0 Å². The number of amides is 1. The summed E-state index contributed by atoms with van der Waals surface area (Å²) < 4.78 is 10.8. The Morgan fingerprint density at radius 2 is 1.90 bits per heavy atom. The Balaban J connectivity index is 1.57. The summed E-state index contributed by atoms with van der Waals surface area (Å²) in [6.07, 6.45) is 0.992. The smallest absolute Gasteiger partial charge is 0.251 e. The number of methoxy groups -OCH3 is 2. The van der Waals surface area contributed by atoms with Crippen LogP contribution >= 0.6 is 0 Å². The van der Waals surface area contributed by atoms with Gasteiger partial charge >= 0.3 is 0 Å². The normalized spacial score (nSPS) is 16.1. The largest absolute Gasteiger partial charge is 0.497 e. The summed E-state index contributed by atoms with van der Waals surface area (Å²) in [5, 5.41) is 9.48. The van der Waals surface area contributed by atoms with Gasteiger partial charge in [0.2, 0.25) is 0 Å². The van der Waals surface area contributed by atoms with Crippen LogP contribution in [0.25, 0.3) is 0 Å². The van der Waals surface area contributed by atoms with Crippen LogP contribution in [0.4, 0.5) is 5.69 Å². The third-order valence-corrected chi connectivity index (χ3v) is 5.33. The molecule has 1 fully saturated rings. The van der Waals surface area contributed by atoms with Crippen molar-refractivity contribution in [3.63, 3.8) is 0 Å². The van der Waals surface area contributed by atoms with Crippen LogP contribution in [-0.4, -0.2) is 59.3 Å². The van der Waals surface area contributed by atoms with Crippen LogP contribution in [0.5, 0.6) is 11.5 Å². The number of benzene rings is 2. The van der Waals surface area contributed by atoms with Gasteiger partial charge in [0.1, 0.15) is 11.5 Å². The van der Waals surface area contributed by atoms with E-state index in [2.05, 4.69) is 25.8 Å². The van der Waals surface area contributed by atoms with Crippen molar-refractivity contribution in [3.8, 4) is 11.5 Å². The van der Waals surface area contributed by atoms with Gasteiger partial charge in [-0.15, -0.1) is 0 Å². The first-order valence-electron chi connectivity index (χ1n) is 10.3. The standard InChI is InChI=1S/C23H31N5O3/c1-24-22(29)17-7-5-6-16(10-17)14-26-23(25-2)27-18-8-9-28(15-18)19-11-20(30-3)13-21(12-19)31-4/h5-7,10-13,18H,8-9,14-15H2,1-4H3,(H,24,29)(H2,25,26,27). The molecule has 2 aromatic rings. The summed E-state index contributed by atoms with van der Waals surface area (Å²) >= 11 is 0. The Bertz CT molecular complexity index is 909. The molecule has 1 unspecified atom stereocenters. The number of nitrogens with zero attached hydrogens (tertiary/aromatic N) is 2. The molecule has 1 aliphatic heterocycles. The van der Waals surface area contributed by atoms with E-state index < -0.39 is 0 Å². The highest BCUT2D eigenvalue weighted by Crippen LogP contribution is 2.30. The highest BCUT2D eigenvalue weighted by atomic mass is 16.5. The van der Waals surface area contributed by atoms with E-state index in [4.69, 9.17) is 9.47 Å². The van der Waals surface area contributed by atoms with Gasteiger partial charge in [0.15, 0.2) is 5.96 Å². The van der Waals surface area contributed by atoms with Gasteiger partial charge in [-0.2, -0.15) is 0 Å². The lowest BCUT2D eigenvalue weighted by Gasteiger charge is -2.21. The minimum atomic E-state index is -0.0930. The second kappa shape index (κ2) is 10.6. The first-order chi connectivity index (χ1) is 15.1. The molecule has 0 aromatic heterocycles. The predicted octanol–water partition coefficient (Wildman–Crippen LogP) is 2.01. The van der Waals surface area contributed by atoms with E-state index in [1.165, 1.54) is 0 Å². The van der Waals surface area contributed by atoms with Crippen molar-refractivity contribution >= 4 is 17.6 Å². The molecule has 8 nitrogen and oxygen atoms in total. The van der Waals surface area contributed by atoms with E-state index in [1.54, 1.807) is 34.4 Å². The highest BCUT2D eigenvalue weighted by molar-refractivity contribution is 5.94. The van der Waals surface area contributed by atoms with E-state index in [0.717, 1.165) is 48.2 Å². The topological polar surface area (TPSA) is 87.2 Å². The van der Waals surface area contributed by atoms with E-state index in [9.17, 15) is 4.79 Å². The molecule has 1 atom stereocenters. The third-order valence-electron chi connectivity index (χ3n) is 5.33. The van der Waals surface area contributed by atoms with Crippen LogP contribution in [0.15, 0.2) is 47.5 Å². The molecule has 1 heterocycles. The van der Waals surface area contributed by atoms with Gasteiger partial charge in [-0.1, -0.05) is 12.1 Å². The number of rotatable bonds is 7. The Morgan fingerprint density at radius 1 is 1.16 bits per heavy atom. The maximum Gasteiger partial charge on any atom is 0.251 e. The molecule has 3 rings (SSSR count). The number of carbonyl (C=O) groups excluding carboxylic acids is 1. The molecule has 0 saturated carbocycles. The molecular weight excluding hydrogens is 394 g/mol. The van der Waals surface area contributed by atoms with Gasteiger partial charge < -0.3 is 30.3 Å². The summed E-state index contributed by atoms with van der Waals surface area (Å²) in [5.74, 6) is 2.20. The summed E-state index contributed by atoms with van der Waals surface area (Å²) in [6.45, 7) is 2.36. The fraction of sp³-hybridized carbons (Fsp3) is 0.391. The summed E-state index contributed by atoms with van der Waals surface area (Å²) in [5.41, 5.74) is 2.74. The zero-order valence-corrected chi connectivity index (χ0v) is 18.6. The van der Waals surface area contributed by atoms with Crippen molar-refractivity contribution < 1.29 is 14.3 Å². The maximum atomic E-state index is 11.8. The lowest BCUT2D eigenvalue weighted by atomic mass is 10.1. The first-order valence-corrected chi connectivity index (χ1v) is 10.3. The van der Waals surface area contributed by atoms with Crippen molar-refractivity contribution in [2.75, 3.05) is 46.3 Å². The van der Waals surface area contributed by atoms with Gasteiger partial charge in [-0.3, -0.25) is 9.79 Å². The number of nitrogens with one attached hydrogen (secondary N) is 3. The Kier molecular flexibility index (Phi) is 7.59. The van der Waals surface area contributed by atoms with Gasteiger partial charge in [0.05, 0.1) is 14.2 Å². The van der Waals surface area contributed by atoms with E-state index in [1.807, 2.05) is 36.4 Å². The quantitative estimate of drug-likeness (QED) is 0.465. The number of ether oxygens (including phenoxy) is 2. The summed E-state index contributed by atoms with van der Waals surface area (Å²) in [6, 6.07) is 13.7. The molecule has 2 aromatic carbocycles. The van der Waals surface area contributed by atoms with Crippen molar-refractivity contribution in [3.05, 3.63) is 53.6 Å². The molecule has 1 saturated heterocycles. The number of anilines is 1. The molecule has 0 bridgehead atoms. The molecule has 1 amide bonds. The number of carbonyl (C=O) groups is 1. The second-order valence-corrected chi connectivity index (χ2v) is 7.35. The Hall–Kier alpha value is -3.42. The highest BCUT2D eigenvalue weighted by Gasteiger charge is 2.24. The minimum Gasteiger partial charge on any atom is -0.497 e. The fourth-order valence-corrected chi connectivity index (χ4v) is 3.63. The Morgan fingerprint density at radius 3 is 2.55 bits per heavy atom. The number of guanidine groups is 1. The van der Waals surface area contributed by atoms with Gasteiger partial charge in [0.25, 0.3) is 5.91 Å². The number of hydrogen-bond acceptors (Lipinski definition) is 5. The third kappa shape index (κ3) is 5.81. The lowest BCUT2D eigenvalue weighted by molar-refractivity contribution is 0.0963. The molecule has 1 aliphatic rings. The van der Waals surface area contributed by atoms with E-state index in [-0.39, 0.29) is 11.9 Å². The zero-order chi connectivity index (χ0) is 22.2. The maximum absolute atomic E-state index is 11.8. The molecule has 3 N–H and O–H groups in total. The summed E-state index contributed by atoms with van der Waals surface area (Å²) in [4.78, 5) is 18.5. The minimum absolute atomic E-state index is 0.0930. The molecule has 8 heteroatoms. The molecule has 166 valence electrons. The fourth-order valence-electron chi connectivity index (χ4n) is 3.63. The van der Waals surface area contributed by atoms with E-state index in [0.29, 0.717) is 12.1 Å². The number of aliphatic imine (C=N–C) groups is 1. The van der Waals surface area contributed by atoms with Crippen LogP contribution in [0, 0.1) is 0 Å². The van der Waals surface area contributed by atoms with Crippen LogP contribution < -0.4 is 30.3 Å². The average Bonchev–Trinajstić information content (AvgIpc) is 3.29. The number of hydrogen-bond donors (Lipinski definition) is 3. The molecule has 0 aliphatic carbocycles. The lowest BCUT2D eigenvalue weighted by Crippen LogP contribution is -2.44. The van der Waals surface area contributed by atoms with Gasteiger partial charge in [-0.05, 0) is 24.1 Å². The van der Waals surface area contributed by atoms with Gasteiger partial charge in [-0.25, -0.2) is 0 Å².